The molecule has 1 aliphatic heterocycles. The Balaban J connectivity index is 1.91. The van der Waals surface area contributed by atoms with E-state index in [4.69, 9.17) is 0 Å². The van der Waals surface area contributed by atoms with Crippen LogP contribution in [0.25, 0.3) is 10.2 Å². The Hall–Kier alpha value is -1.51. The monoisotopic (exact) mass is 339 g/mol. The molecule has 1 aliphatic rings. The highest BCUT2D eigenvalue weighted by Gasteiger charge is 2.48. The van der Waals surface area contributed by atoms with E-state index in [9.17, 15) is 13.2 Å². The molecule has 0 unspecified atom stereocenters. The third kappa shape index (κ3) is 2.62. The summed E-state index contributed by atoms with van der Waals surface area (Å²) in [6, 6.07) is 7.55. The van der Waals surface area contributed by atoms with Gasteiger partial charge in [0.2, 0.25) is 5.91 Å². The van der Waals surface area contributed by atoms with E-state index in [0.29, 0.717) is 18.2 Å². The number of benzene rings is 1. The fraction of sp³-hybridized carbons (Fsp3) is 0.429. The van der Waals surface area contributed by atoms with Crippen LogP contribution >= 0.6 is 11.3 Å². The van der Waals surface area contributed by atoms with Gasteiger partial charge in [0.15, 0.2) is 19.7 Å². The Labute approximate surface area is 132 Å². The van der Waals surface area contributed by atoms with E-state index in [0.717, 1.165) is 16.5 Å². The second-order valence-electron chi connectivity index (χ2n) is 5.46. The van der Waals surface area contributed by atoms with Crippen molar-refractivity contribution in [2.45, 2.75) is 17.6 Å². The zero-order valence-corrected chi connectivity index (χ0v) is 13.8. The van der Waals surface area contributed by atoms with E-state index in [-0.39, 0.29) is 12.8 Å². The molecule has 1 amide bonds. The molecule has 2 N–H and O–H groups in total. The van der Waals surface area contributed by atoms with E-state index < -0.39 is 20.5 Å². The molecule has 3 rings (SSSR count). The van der Waals surface area contributed by atoms with Gasteiger partial charge in [-0.3, -0.25) is 4.79 Å². The standard InChI is InChI=1S/C14H17N3O3S2/c1-22(19,20)14(6-8-15-9-7-14)12(18)17-13-16-10-4-2-3-5-11(10)21-13/h2-5,15H,6-9H2,1H3,(H,16,17,18). The molecular formula is C14H17N3O3S2. The smallest absolute Gasteiger partial charge is 0.247 e. The van der Waals surface area contributed by atoms with Crippen LogP contribution in [0.2, 0.25) is 0 Å². The summed E-state index contributed by atoms with van der Waals surface area (Å²) in [6.07, 6.45) is 1.70. The van der Waals surface area contributed by atoms with Crippen LogP contribution in [0.5, 0.6) is 0 Å². The van der Waals surface area contributed by atoms with E-state index in [1.165, 1.54) is 11.3 Å². The Morgan fingerprint density at radius 2 is 2.00 bits per heavy atom. The maximum absolute atomic E-state index is 12.7. The van der Waals surface area contributed by atoms with Crippen molar-refractivity contribution in [1.82, 2.24) is 10.3 Å². The molecule has 1 fully saturated rings. The molecule has 2 aromatic rings. The molecular weight excluding hydrogens is 322 g/mol. The Morgan fingerprint density at radius 1 is 1.32 bits per heavy atom. The van der Waals surface area contributed by atoms with Gasteiger partial charge in [0.25, 0.3) is 0 Å². The number of nitrogens with zero attached hydrogens (tertiary/aromatic N) is 1. The number of carbonyl (C=O) groups is 1. The fourth-order valence-electron chi connectivity index (χ4n) is 2.73. The largest absolute Gasteiger partial charge is 0.317 e. The lowest BCUT2D eigenvalue weighted by Gasteiger charge is -2.33. The van der Waals surface area contributed by atoms with Crippen molar-refractivity contribution in [3.8, 4) is 0 Å². The molecule has 0 spiro atoms. The number of rotatable bonds is 3. The van der Waals surface area contributed by atoms with Crippen molar-refractivity contribution in [2.75, 3.05) is 24.7 Å². The number of hydrogen-bond donors (Lipinski definition) is 2. The number of hydrogen-bond acceptors (Lipinski definition) is 6. The lowest BCUT2D eigenvalue weighted by Crippen LogP contribution is -2.55. The number of amides is 1. The maximum Gasteiger partial charge on any atom is 0.247 e. The highest BCUT2D eigenvalue weighted by atomic mass is 32.2. The summed E-state index contributed by atoms with van der Waals surface area (Å²) in [7, 11) is -3.51. The summed E-state index contributed by atoms with van der Waals surface area (Å²) in [6.45, 7) is 1.03. The van der Waals surface area contributed by atoms with Crippen LogP contribution in [0.1, 0.15) is 12.8 Å². The van der Waals surface area contributed by atoms with Crippen molar-refractivity contribution >= 4 is 42.4 Å². The highest BCUT2D eigenvalue weighted by Crippen LogP contribution is 2.31. The summed E-state index contributed by atoms with van der Waals surface area (Å²) < 4.78 is 24.0. The molecule has 0 aliphatic carbocycles. The third-order valence-corrected chi connectivity index (χ3v) is 7.01. The molecule has 0 bridgehead atoms. The molecule has 2 heterocycles. The number of fused-ring (bicyclic) bond motifs is 1. The lowest BCUT2D eigenvalue weighted by molar-refractivity contribution is -0.119. The number of thiazole rings is 1. The van der Waals surface area contributed by atoms with Gasteiger partial charge in [0.1, 0.15) is 0 Å². The Bertz CT molecular complexity index is 775. The molecule has 0 saturated carbocycles. The molecule has 22 heavy (non-hydrogen) atoms. The van der Waals surface area contributed by atoms with Crippen molar-refractivity contribution < 1.29 is 13.2 Å². The zero-order chi connectivity index (χ0) is 15.8. The number of piperidine rings is 1. The second kappa shape index (κ2) is 5.60. The molecule has 1 aromatic carbocycles. The summed E-state index contributed by atoms with van der Waals surface area (Å²) in [5, 5.41) is 6.24. The van der Waals surface area contributed by atoms with E-state index in [1.54, 1.807) is 0 Å². The van der Waals surface area contributed by atoms with Gasteiger partial charge in [-0.15, -0.1) is 0 Å². The molecule has 0 atom stereocenters. The minimum atomic E-state index is -3.51. The van der Waals surface area contributed by atoms with Crippen LogP contribution in [-0.4, -0.2) is 43.4 Å². The van der Waals surface area contributed by atoms with Gasteiger partial charge in [0, 0.05) is 6.26 Å². The van der Waals surface area contributed by atoms with Crippen molar-refractivity contribution in [1.29, 1.82) is 0 Å². The van der Waals surface area contributed by atoms with Crippen LogP contribution in [0, 0.1) is 0 Å². The quantitative estimate of drug-likeness (QED) is 0.882. The molecule has 1 saturated heterocycles. The van der Waals surface area contributed by atoms with E-state index >= 15 is 0 Å². The lowest BCUT2D eigenvalue weighted by atomic mass is 9.96. The van der Waals surface area contributed by atoms with Gasteiger partial charge in [-0.25, -0.2) is 13.4 Å². The average molecular weight is 339 g/mol. The number of aromatic nitrogens is 1. The number of para-hydroxylation sites is 1. The summed E-state index contributed by atoms with van der Waals surface area (Å²) in [4.78, 5) is 17.0. The highest BCUT2D eigenvalue weighted by molar-refractivity contribution is 7.92. The maximum atomic E-state index is 12.7. The van der Waals surface area contributed by atoms with Gasteiger partial charge in [-0.1, -0.05) is 23.5 Å². The zero-order valence-electron chi connectivity index (χ0n) is 12.1. The van der Waals surface area contributed by atoms with Crippen molar-refractivity contribution in [3.63, 3.8) is 0 Å². The number of carbonyl (C=O) groups excluding carboxylic acids is 1. The topological polar surface area (TPSA) is 88.2 Å². The van der Waals surface area contributed by atoms with Crippen LogP contribution in [-0.2, 0) is 14.6 Å². The van der Waals surface area contributed by atoms with E-state index in [1.807, 2.05) is 24.3 Å². The first-order valence-electron chi connectivity index (χ1n) is 7.00. The Morgan fingerprint density at radius 3 is 2.64 bits per heavy atom. The van der Waals surface area contributed by atoms with Crippen LogP contribution in [0.4, 0.5) is 5.13 Å². The molecule has 6 nitrogen and oxygen atoms in total. The predicted molar refractivity (Wildman–Crippen MR) is 87.9 cm³/mol. The summed E-state index contributed by atoms with van der Waals surface area (Å²) in [5.74, 6) is -0.476. The van der Waals surface area contributed by atoms with Crippen LogP contribution in [0.15, 0.2) is 24.3 Å². The first-order valence-corrected chi connectivity index (χ1v) is 9.70. The van der Waals surface area contributed by atoms with E-state index in [2.05, 4.69) is 15.6 Å². The Kier molecular flexibility index (Phi) is 3.92. The minimum Gasteiger partial charge on any atom is -0.317 e. The van der Waals surface area contributed by atoms with Gasteiger partial charge in [-0.05, 0) is 38.1 Å². The average Bonchev–Trinajstić information content (AvgIpc) is 2.89. The van der Waals surface area contributed by atoms with Crippen molar-refractivity contribution in [3.05, 3.63) is 24.3 Å². The molecule has 0 radical (unpaired) electrons. The molecule has 118 valence electrons. The first-order chi connectivity index (χ1) is 10.4. The normalized spacial score (nSPS) is 18.2. The molecule has 1 aromatic heterocycles. The van der Waals surface area contributed by atoms with Gasteiger partial charge < -0.3 is 10.6 Å². The van der Waals surface area contributed by atoms with Crippen LogP contribution in [0.3, 0.4) is 0 Å². The third-order valence-electron chi connectivity index (χ3n) is 4.05. The fourth-order valence-corrected chi connectivity index (χ4v) is 4.93. The SMILES string of the molecule is CS(=O)(=O)C1(C(=O)Nc2nc3ccccc3s2)CCNCC1. The number of nitrogens with one attached hydrogen (secondary N) is 2. The van der Waals surface area contributed by atoms with Crippen molar-refractivity contribution in [2.24, 2.45) is 0 Å². The van der Waals surface area contributed by atoms with Gasteiger partial charge in [-0.2, -0.15) is 0 Å². The second-order valence-corrected chi connectivity index (χ2v) is 8.81. The predicted octanol–water partition coefficient (Wildman–Crippen LogP) is 1.40. The molecule has 8 heteroatoms. The summed E-state index contributed by atoms with van der Waals surface area (Å²) in [5.41, 5.74) is 0.793. The van der Waals surface area contributed by atoms with Gasteiger partial charge in [0.05, 0.1) is 10.2 Å². The number of anilines is 1. The summed E-state index contributed by atoms with van der Waals surface area (Å²) >= 11 is 1.35. The first kappa shape index (κ1) is 15.4. The minimum absolute atomic E-state index is 0.280. The van der Waals surface area contributed by atoms with Gasteiger partial charge >= 0.3 is 0 Å². The van der Waals surface area contributed by atoms with Crippen LogP contribution < -0.4 is 10.6 Å². The number of sulfone groups is 1.